The van der Waals surface area contributed by atoms with Gasteiger partial charge in [-0.05, 0) is 42.3 Å². The van der Waals surface area contributed by atoms with E-state index < -0.39 is 5.41 Å². The maximum Gasteiger partial charge on any atom is 0.247 e. The van der Waals surface area contributed by atoms with Crippen LogP contribution in [0.15, 0.2) is 78.9 Å². The van der Waals surface area contributed by atoms with Gasteiger partial charge in [-0.15, -0.1) is 0 Å². The first-order chi connectivity index (χ1) is 14.1. The Kier molecular flexibility index (Phi) is 4.90. The molecule has 29 heavy (non-hydrogen) atoms. The summed E-state index contributed by atoms with van der Waals surface area (Å²) in [6, 6.07) is 27.3. The normalized spacial score (nSPS) is 17.7. The van der Waals surface area contributed by atoms with E-state index in [0.717, 1.165) is 22.3 Å². The summed E-state index contributed by atoms with van der Waals surface area (Å²) in [7, 11) is 0. The smallest absolute Gasteiger partial charge is 0.247 e. The van der Waals surface area contributed by atoms with E-state index in [-0.39, 0.29) is 5.91 Å². The van der Waals surface area contributed by atoms with Gasteiger partial charge in [0.05, 0.1) is 18.2 Å². The lowest BCUT2D eigenvalue weighted by molar-refractivity contribution is -0.148. The molecule has 0 spiro atoms. The van der Waals surface area contributed by atoms with Crippen LogP contribution in [0.25, 0.3) is 0 Å². The third-order valence-corrected chi connectivity index (χ3v) is 5.28. The molecular formula is C26H20N2O. The summed E-state index contributed by atoms with van der Waals surface area (Å²) < 4.78 is 0. The van der Waals surface area contributed by atoms with Gasteiger partial charge in [-0.25, -0.2) is 0 Å². The van der Waals surface area contributed by atoms with Crippen LogP contribution in [0.2, 0.25) is 0 Å². The van der Waals surface area contributed by atoms with Gasteiger partial charge in [-0.1, -0.05) is 72.0 Å². The minimum Gasteiger partial charge on any atom is -0.334 e. The monoisotopic (exact) mass is 376 g/mol. The number of nitriles is 1. The third kappa shape index (κ3) is 3.64. The van der Waals surface area contributed by atoms with Gasteiger partial charge in [0, 0.05) is 12.1 Å². The SMILES string of the molecule is Cc1ccc([C@]2(C#Cc3ccc(C#N)cc3)CN(Cc3ccccc3)C2=O)cc1. The molecule has 140 valence electrons. The molecule has 1 saturated heterocycles. The summed E-state index contributed by atoms with van der Waals surface area (Å²) in [5, 5.41) is 8.95. The summed E-state index contributed by atoms with van der Waals surface area (Å²) in [4.78, 5) is 15.1. The average Bonchev–Trinajstić information content (AvgIpc) is 2.77. The summed E-state index contributed by atoms with van der Waals surface area (Å²) >= 11 is 0. The topological polar surface area (TPSA) is 44.1 Å². The van der Waals surface area contributed by atoms with Crippen molar-refractivity contribution in [2.75, 3.05) is 6.54 Å². The maximum atomic E-state index is 13.3. The molecule has 4 rings (SSSR count). The number of benzene rings is 3. The molecular weight excluding hydrogens is 356 g/mol. The third-order valence-electron chi connectivity index (χ3n) is 5.28. The number of likely N-dealkylation sites (tertiary alicyclic amines) is 1. The fourth-order valence-corrected chi connectivity index (χ4v) is 3.56. The summed E-state index contributed by atoms with van der Waals surface area (Å²) in [6.45, 7) is 3.18. The van der Waals surface area contributed by atoms with E-state index in [2.05, 4.69) is 17.9 Å². The lowest BCUT2D eigenvalue weighted by Gasteiger charge is -2.46. The molecule has 1 atom stereocenters. The van der Waals surface area contributed by atoms with Gasteiger partial charge in [-0.2, -0.15) is 5.26 Å². The van der Waals surface area contributed by atoms with Crippen LogP contribution < -0.4 is 0 Å². The van der Waals surface area contributed by atoms with Crippen molar-refractivity contribution in [3.63, 3.8) is 0 Å². The van der Waals surface area contributed by atoms with Crippen molar-refractivity contribution in [3.8, 4) is 17.9 Å². The highest BCUT2D eigenvalue weighted by Crippen LogP contribution is 2.37. The van der Waals surface area contributed by atoms with Gasteiger partial charge in [0.25, 0.3) is 0 Å². The van der Waals surface area contributed by atoms with Crippen LogP contribution in [0, 0.1) is 30.1 Å². The Hall–Kier alpha value is -3.82. The molecule has 1 aliphatic heterocycles. The van der Waals surface area contributed by atoms with Crippen molar-refractivity contribution >= 4 is 5.91 Å². The second kappa shape index (κ2) is 7.66. The van der Waals surface area contributed by atoms with Crippen molar-refractivity contribution in [2.45, 2.75) is 18.9 Å². The van der Waals surface area contributed by atoms with Crippen LogP contribution in [0.5, 0.6) is 0 Å². The molecule has 3 aromatic rings. The molecule has 0 unspecified atom stereocenters. The predicted molar refractivity (Wildman–Crippen MR) is 113 cm³/mol. The second-order valence-electron chi connectivity index (χ2n) is 7.36. The number of hydrogen-bond donors (Lipinski definition) is 0. The van der Waals surface area contributed by atoms with Crippen molar-refractivity contribution in [1.82, 2.24) is 4.90 Å². The molecule has 1 fully saturated rings. The number of rotatable bonds is 3. The van der Waals surface area contributed by atoms with Crippen molar-refractivity contribution < 1.29 is 4.79 Å². The number of amides is 1. The van der Waals surface area contributed by atoms with Gasteiger partial charge in [0.15, 0.2) is 5.41 Å². The number of carbonyl (C=O) groups excluding carboxylic acids is 1. The van der Waals surface area contributed by atoms with Crippen LogP contribution in [-0.2, 0) is 16.8 Å². The number of nitrogens with zero attached hydrogens (tertiary/aromatic N) is 2. The zero-order valence-electron chi connectivity index (χ0n) is 16.2. The Morgan fingerprint density at radius 2 is 1.59 bits per heavy atom. The Morgan fingerprint density at radius 3 is 2.21 bits per heavy atom. The van der Waals surface area contributed by atoms with Crippen molar-refractivity contribution in [2.24, 2.45) is 0 Å². The van der Waals surface area contributed by atoms with E-state index >= 15 is 0 Å². The molecule has 3 heteroatoms. The first kappa shape index (κ1) is 18.5. The number of carbonyl (C=O) groups is 1. The molecule has 0 aromatic heterocycles. The van der Waals surface area contributed by atoms with E-state index in [9.17, 15) is 4.79 Å². The molecule has 1 heterocycles. The Balaban J connectivity index is 1.65. The van der Waals surface area contributed by atoms with Crippen molar-refractivity contribution in [3.05, 3.63) is 107 Å². The molecule has 0 saturated carbocycles. The van der Waals surface area contributed by atoms with Crippen LogP contribution >= 0.6 is 0 Å². The molecule has 0 radical (unpaired) electrons. The number of hydrogen-bond acceptors (Lipinski definition) is 2. The number of aryl methyl sites for hydroxylation is 1. The van der Waals surface area contributed by atoms with E-state index in [1.54, 1.807) is 12.1 Å². The maximum absolute atomic E-state index is 13.3. The standard InChI is InChI=1S/C26H20N2O/c1-20-7-13-24(14-8-20)26(16-15-21-9-11-22(17-27)12-10-21)19-28(25(26)29)18-23-5-3-2-4-6-23/h2-14H,18-19H2,1H3/t26-/m0/s1. The molecule has 3 nitrogen and oxygen atoms in total. The first-order valence-electron chi connectivity index (χ1n) is 9.54. The molecule has 1 aliphatic rings. The Morgan fingerprint density at radius 1 is 0.931 bits per heavy atom. The molecule has 3 aromatic carbocycles. The fourth-order valence-electron chi connectivity index (χ4n) is 3.56. The lowest BCUT2D eigenvalue weighted by atomic mass is 9.72. The molecule has 1 amide bonds. The molecule has 0 bridgehead atoms. The minimum absolute atomic E-state index is 0.0337. The van der Waals surface area contributed by atoms with Gasteiger partial charge < -0.3 is 4.90 Å². The highest BCUT2D eigenvalue weighted by Gasteiger charge is 2.52. The zero-order chi connectivity index (χ0) is 20.3. The number of β-lactam (4-membered cyclic amide) rings is 1. The van der Waals surface area contributed by atoms with E-state index in [0.29, 0.717) is 18.7 Å². The van der Waals surface area contributed by atoms with E-state index in [1.165, 1.54) is 0 Å². The summed E-state index contributed by atoms with van der Waals surface area (Å²) in [5.41, 5.74) is 3.76. The predicted octanol–water partition coefficient (Wildman–Crippen LogP) is 4.20. The summed E-state index contributed by atoms with van der Waals surface area (Å²) in [5.74, 6) is 6.46. The highest BCUT2D eigenvalue weighted by molar-refractivity contribution is 5.98. The van der Waals surface area contributed by atoms with Gasteiger partial charge >= 0.3 is 0 Å². The first-order valence-corrected chi connectivity index (χ1v) is 9.54. The van der Waals surface area contributed by atoms with Crippen LogP contribution in [0.4, 0.5) is 0 Å². The highest BCUT2D eigenvalue weighted by atomic mass is 16.2. The average molecular weight is 376 g/mol. The summed E-state index contributed by atoms with van der Waals surface area (Å²) in [6.07, 6.45) is 0. The largest absolute Gasteiger partial charge is 0.334 e. The van der Waals surface area contributed by atoms with E-state index in [1.807, 2.05) is 78.6 Å². The minimum atomic E-state index is -0.823. The Bertz CT molecular complexity index is 1130. The van der Waals surface area contributed by atoms with Crippen LogP contribution in [0.1, 0.15) is 27.8 Å². The van der Waals surface area contributed by atoms with Crippen LogP contribution in [0.3, 0.4) is 0 Å². The Labute approximate surface area is 171 Å². The van der Waals surface area contributed by atoms with Gasteiger partial charge in [0.2, 0.25) is 5.91 Å². The quantitative estimate of drug-likeness (QED) is 0.508. The fraction of sp³-hybridized carbons (Fsp3) is 0.154. The van der Waals surface area contributed by atoms with Crippen LogP contribution in [-0.4, -0.2) is 17.4 Å². The molecule has 0 aliphatic carbocycles. The van der Waals surface area contributed by atoms with E-state index in [4.69, 9.17) is 5.26 Å². The van der Waals surface area contributed by atoms with Gasteiger partial charge in [0.1, 0.15) is 0 Å². The second-order valence-corrected chi connectivity index (χ2v) is 7.36. The van der Waals surface area contributed by atoms with Gasteiger partial charge in [-0.3, -0.25) is 4.79 Å². The van der Waals surface area contributed by atoms with Crippen molar-refractivity contribution in [1.29, 1.82) is 5.26 Å². The zero-order valence-corrected chi connectivity index (χ0v) is 16.2. The lowest BCUT2D eigenvalue weighted by Crippen LogP contribution is -2.63. The molecule has 0 N–H and O–H groups in total.